The minimum atomic E-state index is -4.52. The normalized spacial score (nSPS) is 12.9. The van der Waals surface area contributed by atoms with Gasteiger partial charge in [-0.05, 0) is 32.0 Å². The highest BCUT2D eigenvalue weighted by Crippen LogP contribution is 2.35. The second-order valence-electron chi connectivity index (χ2n) is 4.62. The van der Waals surface area contributed by atoms with Crippen LogP contribution in [0.15, 0.2) is 18.2 Å². The van der Waals surface area contributed by atoms with E-state index in [2.05, 4.69) is 10.6 Å². The van der Waals surface area contributed by atoms with Crippen molar-refractivity contribution in [1.29, 1.82) is 0 Å². The Balaban J connectivity index is 3.02. The van der Waals surface area contributed by atoms with Crippen LogP contribution in [0.5, 0.6) is 0 Å². The molecule has 21 heavy (non-hydrogen) atoms. The molecule has 1 rings (SSSR count). The van der Waals surface area contributed by atoms with E-state index in [4.69, 9.17) is 4.74 Å². The first-order valence-corrected chi connectivity index (χ1v) is 6.54. The first-order chi connectivity index (χ1) is 9.79. The third kappa shape index (κ3) is 4.93. The van der Waals surface area contributed by atoms with E-state index in [1.807, 2.05) is 0 Å². The highest BCUT2D eigenvalue weighted by Gasteiger charge is 2.34. The SMILES string of the molecule is CCNc1ccc(C(=O)NC(C)COC)cc1C(F)(F)F. The summed E-state index contributed by atoms with van der Waals surface area (Å²) in [7, 11) is 1.48. The third-order valence-corrected chi connectivity index (χ3v) is 2.75. The van der Waals surface area contributed by atoms with Gasteiger partial charge in [0.05, 0.1) is 12.2 Å². The molecule has 0 saturated carbocycles. The molecule has 4 nitrogen and oxygen atoms in total. The maximum absolute atomic E-state index is 13.0. The van der Waals surface area contributed by atoms with Gasteiger partial charge in [-0.2, -0.15) is 13.2 Å². The predicted molar refractivity (Wildman–Crippen MR) is 74.4 cm³/mol. The maximum atomic E-state index is 13.0. The topological polar surface area (TPSA) is 50.4 Å². The zero-order valence-corrected chi connectivity index (χ0v) is 12.2. The first-order valence-electron chi connectivity index (χ1n) is 6.54. The third-order valence-electron chi connectivity index (χ3n) is 2.75. The van der Waals surface area contributed by atoms with Crippen LogP contribution in [0.4, 0.5) is 18.9 Å². The van der Waals surface area contributed by atoms with Gasteiger partial charge in [0, 0.05) is 30.9 Å². The molecule has 118 valence electrons. The quantitative estimate of drug-likeness (QED) is 0.849. The molecule has 1 aromatic carbocycles. The number of ether oxygens (including phenoxy) is 1. The van der Waals surface area contributed by atoms with Crippen molar-refractivity contribution in [2.24, 2.45) is 0 Å². The van der Waals surface area contributed by atoms with E-state index in [1.165, 1.54) is 19.2 Å². The zero-order chi connectivity index (χ0) is 16.0. The van der Waals surface area contributed by atoms with Crippen molar-refractivity contribution in [3.05, 3.63) is 29.3 Å². The van der Waals surface area contributed by atoms with Crippen molar-refractivity contribution in [1.82, 2.24) is 5.32 Å². The number of halogens is 3. The lowest BCUT2D eigenvalue weighted by molar-refractivity contribution is -0.137. The van der Waals surface area contributed by atoms with Crippen molar-refractivity contribution in [2.45, 2.75) is 26.1 Å². The number of anilines is 1. The average Bonchev–Trinajstić information content (AvgIpc) is 2.38. The van der Waals surface area contributed by atoms with E-state index in [-0.39, 0.29) is 23.9 Å². The zero-order valence-electron chi connectivity index (χ0n) is 12.2. The molecule has 0 spiro atoms. The first kappa shape index (κ1) is 17.3. The minimum absolute atomic E-state index is 0.0352. The summed E-state index contributed by atoms with van der Waals surface area (Å²) in [5.74, 6) is -0.562. The predicted octanol–water partition coefficient (Wildman–Crippen LogP) is 2.90. The van der Waals surface area contributed by atoms with E-state index in [1.54, 1.807) is 13.8 Å². The molecule has 1 amide bonds. The Morgan fingerprint density at radius 2 is 2.05 bits per heavy atom. The molecule has 0 aliphatic heterocycles. The van der Waals surface area contributed by atoms with E-state index in [0.717, 1.165) is 6.07 Å². The van der Waals surface area contributed by atoms with Gasteiger partial charge in [0.1, 0.15) is 0 Å². The second kappa shape index (κ2) is 7.31. The number of hydrogen-bond acceptors (Lipinski definition) is 3. The molecule has 0 bridgehead atoms. The highest BCUT2D eigenvalue weighted by molar-refractivity contribution is 5.95. The Labute approximate surface area is 121 Å². The van der Waals surface area contributed by atoms with Crippen molar-refractivity contribution >= 4 is 11.6 Å². The smallest absolute Gasteiger partial charge is 0.385 e. The van der Waals surface area contributed by atoms with Crippen LogP contribution in [0, 0.1) is 0 Å². The van der Waals surface area contributed by atoms with Gasteiger partial charge in [-0.25, -0.2) is 0 Å². The lowest BCUT2D eigenvalue weighted by atomic mass is 10.1. The molecule has 0 aliphatic rings. The summed E-state index contributed by atoms with van der Waals surface area (Å²) in [5, 5.41) is 5.21. The molecule has 1 aromatic rings. The summed E-state index contributed by atoms with van der Waals surface area (Å²) >= 11 is 0. The van der Waals surface area contributed by atoms with Gasteiger partial charge in [0.2, 0.25) is 0 Å². The van der Waals surface area contributed by atoms with Crippen molar-refractivity contribution < 1.29 is 22.7 Å². The van der Waals surface area contributed by atoms with Crippen LogP contribution < -0.4 is 10.6 Å². The van der Waals surface area contributed by atoms with Crippen molar-refractivity contribution in [3.63, 3.8) is 0 Å². The Hall–Kier alpha value is -1.76. The van der Waals surface area contributed by atoms with E-state index >= 15 is 0 Å². The highest BCUT2D eigenvalue weighted by atomic mass is 19.4. The van der Waals surface area contributed by atoms with Crippen molar-refractivity contribution in [2.75, 3.05) is 25.6 Å². The van der Waals surface area contributed by atoms with E-state index in [0.29, 0.717) is 6.54 Å². The van der Waals surface area contributed by atoms with Gasteiger partial charge >= 0.3 is 6.18 Å². The Morgan fingerprint density at radius 1 is 1.38 bits per heavy atom. The van der Waals surface area contributed by atoms with Gasteiger partial charge in [-0.3, -0.25) is 4.79 Å². The summed E-state index contributed by atoms with van der Waals surface area (Å²) in [4.78, 5) is 11.9. The molecule has 0 heterocycles. The van der Waals surface area contributed by atoms with Crippen LogP contribution in [-0.2, 0) is 10.9 Å². The number of benzene rings is 1. The van der Waals surface area contributed by atoms with Gasteiger partial charge < -0.3 is 15.4 Å². The van der Waals surface area contributed by atoms with Gasteiger partial charge in [-0.1, -0.05) is 0 Å². The average molecular weight is 304 g/mol. The fourth-order valence-electron chi connectivity index (χ4n) is 1.86. The fourth-order valence-corrected chi connectivity index (χ4v) is 1.86. The molecule has 1 unspecified atom stereocenters. The van der Waals surface area contributed by atoms with Crippen LogP contribution in [-0.4, -0.2) is 32.2 Å². The van der Waals surface area contributed by atoms with E-state index < -0.39 is 17.6 Å². The number of carbonyl (C=O) groups is 1. The Kier molecular flexibility index (Phi) is 6.02. The largest absolute Gasteiger partial charge is 0.418 e. The fraction of sp³-hybridized carbons (Fsp3) is 0.500. The molecule has 0 aromatic heterocycles. The van der Waals surface area contributed by atoms with Gasteiger partial charge in [0.15, 0.2) is 0 Å². The monoisotopic (exact) mass is 304 g/mol. The van der Waals surface area contributed by atoms with Crippen molar-refractivity contribution in [3.8, 4) is 0 Å². The number of alkyl halides is 3. The van der Waals surface area contributed by atoms with Gasteiger partial charge in [0.25, 0.3) is 5.91 Å². The lowest BCUT2D eigenvalue weighted by Gasteiger charge is -2.16. The van der Waals surface area contributed by atoms with E-state index in [9.17, 15) is 18.0 Å². The number of rotatable bonds is 6. The Bertz CT molecular complexity index is 490. The summed E-state index contributed by atoms with van der Waals surface area (Å²) in [6.07, 6.45) is -4.52. The maximum Gasteiger partial charge on any atom is 0.418 e. The molecule has 2 N–H and O–H groups in total. The summed E-state index contributed by atoms with van der Waals surface area (Å²) < 4.78 is 43.9. The molecule has 7 heteroatoms. The summed E-state index contributed by atoms with van der Waals surface area (Å²) in [5.41, 5.74) is -0.921. The van der Waals surface area contributed by atoms with Crippen LogP contribution in [0.3, 0.4) is 0 Å². The molecule has 0 saturated heterocycles. The van der Waals surface area contributed by atoms with Crippen LogP contribution >= 0.6 is 0 Å². The second-order valence-corrected chi connectivity index (χ2v) is 4.62. The molecule has 1 atom stereocenters. The molecular weight excluding hydrogens is 285 g/mol. The van der Waals surface area contributed by atoms with Crippen LogP contribution in [0.1, 0.15) is 29.8 Å². The molecule has 0 aliphatic carbocycles. The number of amides is 1. The van der Waals surface area contributed by atoms with Crippen LogP contribution in [0.2, 0.25) is 0 Å². The van der Waals surface area contributed by atoms with Crippen LogP contribution in [0.25, 0.3) is 0 Å². The Morgan fingerprint density at radius 3 is 2.57 bits per heavy atom. The summed E-state index contributed by atoms with van der Waals surface area (Å²) in [6.45, 7) is 4.05. The minimum Gasteiger partial charge on any atom is -0.385 e. The lowest BCUT2D eigenvalue weighted by Crippen LogP contribution is -2.35. The molecular formula is C14H19F3N2O2. The number of carbonyl (C=O) groups excluding carboxylic acids is 1. The summed E-state index contributed by atoms with van der Waals surface area (Å²) in [6, 6.07) is 3.20. The molecule has 0 fully saturated rings. The standard InChI is InChI=1S/C14H19F3N2O2/c1-4-18-12-6-5-10(7-11(12)14(15,16)17)13(20)19-9(2)8-21-3/h5-7,9,18H,4,8H2,1-3H3,(H,19,20). The number of methoxy groups -OCH3 is 1. The number of nitrogens with one attached hydrogen (secondary N) is 2. The number of hydrogen-bond donors (Lipinski definition) is 2. The molecule has 0 radical (unpaired) electrons. The van der Waals surface area contributed by atoms with Gasteiger partial charge in [-0.15, -0.1) is 0 Å².